The Morgan fingerprint density at radius 2 is 2.12 bits per heavy atom. The highest BCUT2D eigenvalue weighted by Crippen LogP contribution is 2.46. The third kappa shape index (κ3) is 2.27. The van der Waals surface area contributed by atoms with E-state index >= 15 is 0 Å². The fourth-order valence-corrected chi connectivity index (χ4v) is 4.30. The molecule has 0 amide bonds. The maximum absolute atomic E-state index is 11.0. The number of nitro benzene ring substituents is 1. The molecule has 1 fully saturated rings. The number of halogens is 1. The minimum atomic E-state index is -0.412. The summed E-state index contributed by atoms with van der Waals surface area (Å²) in [5.41, 5.74) is 3.91. The molecule has 1 atom stereocenters. The molecule has 5 nitrogen and oxygen atoms in total. The molecule has 24 heavy (non-hydrogen) atoms. The van der Waals surface area contributed by atoms with Crippen LogP contribution < -0.4 is 4.90 Å². The molecule has 0 aliphatic carbocycles. The van der Waals surface area contributed by atoms with Crippen LogP contribution in [0.2, 0.25) is 5.02 Å². The second-order valence-corrected chi connectivity index (χ2v) is 6.87. The summed E-state index contributed by atoms with van der Waals surface area (Å²) < 4.78 is 6.17. The molecule has 2 aromatic carbocycles. The Balaban J connectivity index is 1.68. The predicted octanol–water partition coefficient (Wildman–Crippen LogP) is 4.19. The second kappa shape index (κ2) is 5.46. The van der Waals surface area contributed by atoms with Crippen molar-refractivity contribution in [3.05, 3.63) is 68.2 Å². The molecule has 0 bridgehead atoms. The molecule has 0 aromatic heterocycles. The zero-order chi connectivity index (χ0) is 16.9. The minimum absolute atomic E-state index is 0.0256. The molecule has 1 saturated heterocycles. The number of nitro groups is 1. The molecule has 2 aliphatic heterocycles. The Morgan fingerprint density at radius 1 is 1.33 bits per heavy atom. The van der Waals surface area contributed by atoms with Gasteiger partial charge >= 0.3 is 0 Å². The van der Waals surface area contributed by atoms with Gasteiger partial charge in [-0.15, -0.1) is 0 Å². The van der Waals surface area contributed by atoms with Crippen LogP contribution in [0.4, 0.5) is 11.4 Å². The van der Waals surface area contributed by atoms with Crippen LogP contribution in [0.15, 0.2) is 36.4 Å². The molecule has 0 radical (unpaired) electrons. The summed E-state index contributed by atoms with van der Waals surface area (Å²) in [7, 11) is 0. The maximum atomic E-state index is 11.0. The SMILES string of the molecule is Cc1cc([N+](=O)[O-])cc(Cl)c1N1CCC2(C1)OCc1ccccc12. The molecule has 2 aliphatic rings. The summed E-state index contributed by atoms with van der Waals surface area (Å²) in [5.74, 6) is 0. The van der Waals surface area contributed by atoms with Crippen LogP contribution >= 0.6 is 11.6 Å². The first-order valence-electron chi connectivity index (χ1n) is 7.92. The van der Waals surface area contributed by atoms with Crippen LogP contribution in [-0.4, -0.2) is 18.0 Å². The van der Waals surface area contributed by atoms with Gasteiger partial charge in [0.25, 0.3) is 5.69 Å². The molecule has 2 aromatic rings. The van der Waals surface area contributed by atoms with Crippen LogP contribution in [0.25, 0.3) is 0 Å². The highest BCUT2D eigenvalue weighted by Gasteiger charge is 2.46. The van der Waals surface area contributed by atoms with Crippen LogP contribution in [0.3, 0.4) is 0 Å². The van der Waals surface area contributed by atoms with Crippen molar-refractivity contribution in [1.29, 1.82) is 0 Å². The second-order valence-electron chi connectivity index (χ2n) is 6.46. The van der Waals surface area contributed by atoms with E-state index in [0.717, 1.165) is 24.2 Å². The van der Waals surface area contributed by atoms with Gasteiger partial charge in [-0.3, -0.25) is 10.1 Å². The quantitative estimate of drug-likeness (QED) is 0.605. The molecule has 0 saturated carbocycles. The van der Waals surface area contributed by atoms with Crippen LogP contribution in [-0.2, 0) is 16.9 Å². The largest absolute Gasteiger partial charge is 0.367 e. The summed E-state index contributed by atoms with van der Waals surface area (Å²) in [4.78, 5) is 12.8. The van der Waals surface area contributed by atoms with Crippen molar-refractivity contribution in [2.24, 2.45) is 0 Å². The van der Waals surface area contributed by atoms with Crippen molar-refractivity contribution >= 4 is 23.0 Å². The molecule has 4 rings (SSSR count). The van der Waals surface area contributed by atoms with Crippen molar-refractivity contribution in [3.63, 3.8) is 0 Å². The number of nitrogens with zero attached hydrogens (tertiary/aromatic N) is 2. The van der Waals surface area contributed by atoms with Crippen molar-refractivity contribution in [2.45, 2.75) is 25.6 Å². The molecule has 6 heteroatoms. The van der Waals surface area contributed by atoms with Gasteiger partial charge in [0.15, 0.2) is 0 Å². The third-order valence-corrected chi connectivity index (χ3v) is 5.30. The lowest BCUT2D eigenvalue weighted by Crippen LogP contribution is -2.31. The summed E-state index contributed by atoms with van der Waals surface area (Å²) in [6, 6.07) is 11.3. The molecule has 1 unspecified atom stereocenters. The van der Waals surface area contributed by atoms with E-state index in [-0.39, 0.29) is 11.3 Å². The van der Waals surface area contributed by atoms with Gasteiger partial charge in [0.1, 0.15) is 5.60 Å². The van der Waals surface area contributed by atoms with Gasteiger partial charge in [-0.25, -0.2) is 0 Å². The van der Waals surface area contributed by atoms with E-state index in [1.165, 1.54) is 17.2 Å². The zero-order valence-electron chi connectivity index (χ0n) is 13.3. The number of ether oxygens (including phenoxy) is 1. The Labute approximate surface area is 144 Å². The van der Waals surface area contributed by atoms with Crippen molar-refractivity contribution < 1.29 is 9.66 Å². The minimum Gasteiger partial charge on any atom is -0.367 e. The number of benzene rings is 2. The van der Waals surface area contributed by atoms with Crippen LogP contribution in [0, 0.1) is 17.0 Å². The molecular weight excluding hydrogens is 328 g/mol. The predicted molar refractivity (Wildman–Crippen MR) is 92.6 cm³/mol. The summed E-state index contributed by atoms with van der Waals surface area (Å²) in [5, 5.41) is 11.4. The number of hydrogen-bond acceptors (Lipinski definition) is 4. The first-order chi connectivity index (χ1) is 11.5. The molecule has 124 valence electrons. The summed E-state index contributed by atoms with van der Waals surface area (Å²) >= 11 is 6.37. The van der Waals surface area contributed by atoms with Crippen molar-refractivity contribution in [2.75, 3.05) is 18.0 Å². The first-order valence-corrected chi connectivity index (χ1v) is 8.30. The van der Waals surface area contributed by atoms with E-state index < -0.39 is 4.92 Å². The van der Waals surface area contributed by atoms with Gasteiger partial charge in [0.05, 0.1) is 28.8 Å². The summed E-state index contributed by atoms with van der Waals surface area (Å²) in [6.45, 7) is 4.02. The highest BCUT2D eigenvalue weighted by molar-refractivity contribution is 6.33. The Kier molecular flexibility index (Phi) is 3.51. The fourth-order valence-electron chi connectivity index (χ4n) is 3.92. The smallest absolute Gasteiger partial charge is 0.271 e. The number of hydrogen-bond donors (Lipinski definition) is 0. The van der Waals surface area contributed by atoms with Gasteiger partial charge in [-0.1, -0.05) is 35.9 Å². The molecule has 1 spiro atoms. The summed E-state index contributed by atoms with van der Waals surface area (Å²) in [6.07, 6.45) is 0.886. The number of aryl methyl sites for hydroxylation is 1. The fraction of sp³-hybridized carbons (Fsp3) is 0.333. The Morgan fingerprint density at radius 3 is 2.88 bits per heavy atom. The zero-order valence-corrected chi connectivity index (χ0v) is 14.0. The topological polar surface area (TPSA) is 55.6 Å². The Hall–Kier alpha value is -2.11. The number of rotatable bonds is 2. The van der Waals surface area contributed by atoms with E-state index in [0.29, 0.717) is 18.2 Å². The van der Waals surface area contributed by atoms with Crippen molar-refractivity contribution in [3.8, 4) is 0 Å². The van der Waals surface area contributed by atoms with Gasteiger partial charge in [-0.2, -0.15) is 0 Å². The van der Waals surface area contributed by atoms with Gasteiger partial charge in [-0.05, 0) is 30.0 Å². The third-order valence-electron chi connectivity index (χ3n) is 5.01. The first kappa shape index (κ1) is 15.4. The average Bonchev–Trinajstić information content (AvgIpc) is 3.13. The van der Waals surface area contributed by atoms with Crippen LogP contribution in [0.5, 0.6) is 0 Å². The highest BCUT2D eigenvalue weighted by atomic mass is 35.5. The Bertz CT molecular complexity index is 816. The monoisotopic (exact) mass is 344 g/mol. The van der Waals surface area contributed by atoms with Gasteiger partial charge < -0.3 is 9.64 Å². The average molecular weight is 345 g/mol. The van der Waals surface area contributed by atoms with Crippen LogP contribution in [0.1, 0.15) is 23.1 Å². The molecule has 0 N–H and O–H groups in total. The molecular formula is C18H17ClN2O3. The normalized spacial score (nSPS) is 22.2. The standard InChI is InChI=1S/C18H17ClN2O3/c1-12-8-14(21(22)23)9-16(19)17(12)20-7-6-18(11-20)15-5-3-2-4-13(15)10-24-18/h2-5,8-9H,6-7,10-11H2,1H3. The van der Waals surface area contributed by atoms with Gasteiger partial charge in [0.2, 0.25) is 0 Å². The number of fused-ring (bicyclic) bond motifs is 2. The van der Waals surface area contributed by atoms with Crippen molar-refractivity contribution in [1.82, 2.24) is 0 Å². The van der Waals surface area contributed by atoms with Gasteiger partial charge in [0, 0.05) is 18.7 Å². The van der Waals surface area contributed by atoms with E-state index in [1.807, 2.05) is 19.1 Å². The number of anilines is 1. The van der Waals surface area contributed by atoms with E-state index in [9.17, 15) is 10.1 Å². The van der Waals surface area contributed by atoms with E-state index in [1.54, 1.807) is 6.07 Å². The number of non-ortho nitro benzene ring substituents is 1. The van der Waals surface area contributed by atoms with E-state index in [4.69, 9.17) is 16.3 Å². The lowest BCUT2D eigenvalue weighted by molar-refractivity contribution is -0.384. The molecule has 2 heterocycles. The van der Waals surface area contributed by atoms with E-state index in [2.05, 4.69) is 17.0 Å². The maximum Gasteiger partial charge on any atom is 0.271 e. The lowest BCUT2D eigenvalue weighted by Gasteiger charge is -2.27. The lowest BCUT2D eigenvalue weighted by atomic mass is 9.92.